The molecular formula is C8H16O. The van der Waals surface area contributed by atoms with Crippen LogP contribution < -0.4 is 0 Å². The minimum Gasteiger partial charge on any atom is -0.375 e. The van der Waals surface area contributed by atoms with Gasteiger partial charge in [0.05, 0.1) is 12.2 Å². The summed E-state index contributed by atoms with van der Waals surface area (Å²) >= 11 is 0. The number of hydrogen-bond acceptors (Lipinski definition) is 1. The first kappa shape index (κ1) is 7.07. The number of rotatable bonds is 1. The van der Waals surface area contributed by atoms with Crippen molar-refractivity contribution in [2.45, 2.75) is 45.8 Å². The highest BCUT2D eigenvalue weighted by Gasteiger charge is 2.27. The Bertz CT molecular complexity index is 90.6. The fourth-order valence-corrected chi connectivity index (χ4v) is 1.66. The summed E-state index contributed by atoms with van der Waals surface area (Å²) in [5.41, 5.74) is 0. The van der Waals surface area contributed by atoms with Gasteiger partial charge in [0.1, 0.15) is 0 Å². The zero-order chi connectivity index (χ0) is 6.85. The van der Waals surface area contributed by atoms with E-state index in [-0.39, 0.29) is 0 Å². The molecular weight excluding hydrogens is 112 g/mol. The smallest absolute Gasteiger partial charge is 0.0602 e. The molecule has 54 valence electrons. The molecule has 0 saturated carbocycles. The van der Waals surface area contributed by atoms with Crippen molar-refractivity contribution in [2.75, 3.05) is 0 Å². The minimum atomic E-state index is 0.505. The van der Waals surface area contributed by atoms with E-state index in [1.807, 2.05) is 0 Å². The van der Waals surface area contributed by atoms with Crippen molar-refractivity contribution in [3.05, 3.63) is 0 Å². The van der Waals surface area contributed by atoms with Crippen molar-refractivity contribution in [1.82, 2.24) is 0 Å². The van der Waals surface area contributed by atoms with Gasteiger partial charge in [0.2, 0.25) is 0 Å². The molecule has 0 spiro atoms. The van der Waals surface area contributed by atoms with Gasteiger partial charge in [-0.05, 0) is 25.7 Å². The molecule has 0 aliphatic carbocycles. The highest BCUT2D eigenvalue weighted by Crippen LogP contribution is 2.27. The van der Waals surface area contributed by atoms with Crippen LogP contribution in [0.2, 0.25) is 0 Å². The van der Waals surface area contributed by atoms with E-state index in [0.717, 1.165) is 5.92 Å². The van der Waals surface area contributed by atoms with Gasteiger partial charge in [-0.25, -0.2) is 0 Å². The van der Waals surface area contributed by atoms with Crippen molar-refractivity contribution < 1.29 is 4.74 Å². The second-order valence-corrected chi connectivity index (χ2v) is 3.11. The quantitative estimate of drug-likeness (QED) is 0.526. The molecule has 1 aliphatic heterocycles. The molecule has 0 aromatic heterocycles. The molecule has 0 bridgehead atoms. The lowest BCUT2D eigenvalue weighted by atomic mass is 10.0. The molecule has 1 aliphatic rings. The molecule has 0 amide bonds. The predicted octanol–water partition coefficient (Wildman–Crippen LogP) is 2.21. The summed E-state index contributed by atoms with van der Waals surface area (Å²) < 4.78 is 5.62. The average molecular weight is 128 g/mol. The molecule has 1 nitrogen and oxygen atoms in total. The lowest BCUT2D eigenvalue weighted by Gasteiger charge is -2.10. The van der Waals surface area contributed by atoms with E-state index in [2.05, 4.69) is 20.8 Å². The van der Waals surface area contributed by atoms with Crippen LogP contribution in [0.25, 0.3) is 0 Å². The zero-order valence-electron chi connectivity index (χ0n) is 6.55. The van der Waals surface area contributed by atoms with Crippen molar-refractivity contribution in [3.8, 4) is 0 Å². The van der Waals surface area contributed by atoms with Gasteiger partial charge in [-0.2, -0.15) is 0 Å². The summed E-state index contributed by atoms with van der Waals surface area (Å²) in [4.78, 5) is 0. The lowest BCUT2D eigenvalue weighted by molar-refractivity contribution is 0.0438. The lowest BCUT2D eigenvalue weighted by Crippen LogP contribution is -2.11. The zero-order valence-corrected chi connectivity index (χ0v) is 6.55. The first-order valence-electron chi connectivity index (χ1n) is 3.89. The standard InChI is InChI=1S/C8H16O/c1-4-8-6(2)5-7(3)9-8/h6-8H,4-5H2,1-3H3/t6-,7-,8+/m1/s1. The molecule has 1 heteroatoms. The van der Waals surface area contributed by atoms with Gasteiger partial charge in [-0.3, -0.25) is 0 Å². The fraction of sp³-hybridized carbons (Fsp3) is 1.00. The maximum Gasteiger partial charge on any atom is 0.0602 e. The Morgan fingerprint density at radius 2 is 2.11 bits per heavy atom. The number of ether oxygens (including phenoxy) is 1. The van der Waals surface area contributed by atoms with Gasteiger partial charge in [0, 0.05) is 0 Å². The normalized spacial score (nSPS) is 43.7. The maximum absolute atomic E-state index is 5.62. The van der Waals surface area contributed by atoms with E-state index >= 15 is 0 Å². The third kappa shape index (κ3) is 1.45. The Morgan fingerprint density at radius 3 is 2.33 bits per heavy atom. The molecule has 3 atom stereocenters. The van der Waals surface area contributed by atoms with E-state index in [0.29, 0.717) is 12.2 Å². The molecule has 0 unspecified atom stereocenters. The first-order valence-corrected chi connectivity index (χ1v) is 3.89. The molecule has 0 N–H and O–H groups in total. The molecule has 1 heterocycles. The fourth-order valence-electron chi connectivity index (χ4n) is 1.66. The second kappa shape index (κ2) is 2.70. The van der Waals surface area contributed by atoms with E-state index < -0.39 is 0 Å². The second-order valence-electron chi connectivity index (χ2n) is 3.11. The van der Waals surface area contributed by atoms with E-state index in [4.69, 9.17) is 4.74 Å². The predicted molar refractivity (Wildman–Crippen MR) is 38.4 cm³/mol. The highest BCUT2D eigenvalue weighted by atomic mass is 16.5. The summed E-state index contributed by atoms with van der Waals surface area (Å²) in [6.07, 6.45) is 3.47. The van der Waals surface area contributed by atoms with Crippen LogP contribution in [0, 0.1) is 5.92 Å². The van der Waals surface area contributed by atoms with Gasteiger partial charge in [-0.15, -0.1) is 0 Å². The van der Waals surface area contributed by atoms with Gasteiger partial charge >= 0.3 is 0 Å². The van der Waals surface area contributed by atoms with Crippen LogP contribution in [0.5, 0.6) is 0 Å². The Balaban J connectivity index is 2.38. The van der Waals surface area contributed by atoms with Gasteiger partial charge in [-0.1, -0.05) is 13.8 Å². The van der Waals surface area contributed by atoms with Crippen LogP contribution in [0.15, 0.2) is 0 Å². The van der Waals surface area contributed by atoms with Crippen molar-refractivity contribution in [3.63, 3.8) is 0 Å². The van der Waals surface area contributed by atoms with Crippen LogP contribution in [0.1, 0.15) is 33.6 Å². The van der Waals surface area contributed by atoms with Gasteiger partial charge < -0.3 is 4.74 Å². The SMILES string of the molecule is CC[C@@H]1O[C@H](C)C[C@H]1C. The van der Waals surface area contributed by atoms with Crippen molar-refractivity contribution in [2.24, 2.45) is 5.92 Å². The van der Waals surface area contributed by atoms with Gasteiger partial charge in [0.15, 0.2) is 0 Å². The number of hydrogen-bond donors (Lipinski definition) is 0. The summed E-state index contributed by atoms with van der Waals surface area (Å²) in [5, 5.41) is 0. The molecule has 0 aromatic carbocycles. The monoisotopic (exact) mass is 128 g/mol. The first-order chi connectivity index (χ1) is 4.24. The largest absolute Gasteiger partial charge is 0.375 e. The van der Waals surface area contributed by atoms with E-state index in [1.54, 1.807) is 0 Å². The van der Waals surface area contributed by atoms with Crippen LogP contribution >= 0.6 is 0 Å². The molecule has 9 heavy (non-hydrogen) atoms. The highest BCUT2D eigenvalue weighted by molar-refractivity contribution is 4.75. The molecule has 0 radical (unpaired) electrons. The van der Waals surface area contributed by atoms with E-state index in [1.165, 1.54) is 12.8 Å². The molecule has 0 aromatic rings. The Kier molecular flexibility index (Phi) is 2.12. The molecule has 1 saturated heterocycles. The van der Waals surface area contributed by atoms with Crippen LogP contribution in [-0.2, 0) is 4.74 Å². The average Bonchev–Trinajstić information content (AvgIpc) is 2.10. The van der Waals surface area contributed by atoms with Crippen molar-refractivity contribution in [1.29, 1.82) is 0 Å². The van der Waals surface area contributed by atoms with Crippen molar-refractivity contribution >= 4 is 0 Å². The third-order valence-electron chi connectivity index (χ3n) is 2.15. The molecule has 1 rings (SSSR count). The maximum atomic E-state index is 5.62. The summed E-state index contributed by atoms with van der Waals surface area (Å²) in [5.74, 6) is 0.782. The summed E-state index contributed by atoms with van der Waals surface area (Å²) in [6, 6.07) is 0. The summed E-state index contributed by atoms with van der Waals surface area (Å²) in [7, 11) is 0. The minimum absolute atomic E-state index is 0.505. The van der Waals surface area contributed by atoms with E-state index in [9.17, 15) is 0 Å². The Labute approximate surface area is 57.4 Å². The topological polar surface area (TPSA) is 9.23 Å². The Morgan fingerprint density at radius 1 is 1.44 bits per heavy atom. The third-order valence-corrected chi connectivity index (χ3v) is 2.15. The van der Waals surface area contributed by atoms with Crippen LogP contribution in [0.3, 0.4) is 0 Å². The Hall–Kier alpha value is -0.0400. The summed E-state index contributed by atoms with van der Waals surface area (Å²) in [6.45, 7) is 6.63. The van der Waals surface area contributed by atoms with Crippen LogP contribution in [0.4, 0.5) is 0 Å². The van der Waals surface area contributed by atoms with Gasteiger partial charge in [0.25, 0.3) is 0 Å². The van der Waals surface area contributed by atoms with Crippen LogP contribution in [-0.4, -0.2) is 12.2 Å². The molecule has 1 fully saturated rings.